The fourth-order valence-corrected chi connectivity index (χ4v) is 4.74. The molecule has 0 aliphatic carbocycles. The molecule has 2 saturated heterocycles. The van der Waals surface area contributed by atoms with Crippen molar-refractivity contribution in [2.45, 2.75) is 45.3 Å². The van der Waals surface area contributed by atoms with E-state index in [9.17, 15) is 9.59 Å². The Morgan fingerprint density at radius 3 is 2.76 bits per heavy atom. The Bertz CT molecular complexity index is 1090. The van der Waals surface area contributed by atoms with E-state index in [0.717, 1.165) is 30.9 Å². The number of hydrogen-bond acceptors (Lipinski definition) is 8. The molecule has 4 heterocycles. The molecule has 2 fully saturated rings. The molecule has 2 aliphatic rings. The number of carbonyl (C=O) groups excluding carboxylic acids is 1. The zero-order valence-electron chi connectivity index (χ0n) is 19.7. The average Bonchev–Trinajstić information content (AvgIpc) is 3.35. The summed E-state index contributed by atoms with van der Waals surface area (Å²) in [4.78, 5) is 35.2. The maximum absolute atomic E-state index is 12.7. The number of carbonyl (C=O) groups is 1. The van der Waals surface area contributed by atoms with Crippen LogP contribution in [0.25, 0.3) is 0 Å². The minimum absolute atomic E-state index is 0.0618. The summed E-state index contributed by atoms with van der Waals surface area (Å²) >= 11 is 0. The summed E-state index contributed by atoms with van der Waals surface area (Å²) in [5, 5.41) is 15.4. The van der Waals surface area contributed by atoms with Crippen LogP contribution in [0.4, 0.5) is 11.5 Å². The number of aromatic amines is 1. The van der Waals surface area contributed by atoms with Gasteiger partial charge in [0, 0.05) is 44.5 Å². The molecule has 2 atom stereocenters. The van der Waals surface area contributed by atoms with Gasteiger partial charge in [0.05, 0.1) is 42.6 Å². The van der Waals surface area contributed by atoms with Crippen LogP contribution < -0.4 is 15.4 Å². The van der Waals surface area contributed by atoms with Crippen LogP contribution in [-0.2, 0) is 9.53 Å². The van der Waals surface area contributed by atoms with Gasteiger partial charge in [-0.05, 0) is 38.8 Å². The standard InChI is InChI=1S/C24H31N7O3/c1-17-21(16-27-28-24(17)33)31-8-3-4-20(31)18(2)34-13-7-23(32)30-11-9-29(10-12-30)22-6-5-19(14-25)15-26-22/h5-6,15-16,18,20H,3-4,7-13H2,1-2H3,(H,28,33)/t18-,20-/m0/s1. The molecule has 10 heteroatoms. The molecule has 0 spiro atoms. The first kappa shape index (κ1) is 23.7. The fraction of sp³-hybridized carbons (Fsp3) is 0.542. The van der Waals surface area contributed by atoms with Gasteiger partial charge < -0.3 is 19.4 Å². The molecule has 10 nitrogen and oxygen atoms in total. The van der Waals surface area contributed by atoms with Crippen molar-refractivity contribution in [1.29, 1.82) is 5.26 Å². The summed E-state index contributed by atoms with van der Waals surface area (Å²) in [7, 11) is 0. The fourth-order valence-electron chi connectivity index (χ4n) is 4.74. The first-order chi connectivity index (χ1) is 16.5. The average molecular weight is 466 g/mol. The highest BCUT2D eigenvalue weighted by Gasteiger charge is 2.32. The molecular formula is C24H31N7O3. The normalized spacial score (nSPS) is 19.2. The smallest absolute Gasteiger partial charge is 0.269 e. The van der Waals surface area contributed by atoms with Crippen LogP contribution in [-0.4, -0.2) is 77.5 Å². The number of piperazine rings is 1. The Hall–Kier alpha value is -3.45. The van der Waals surface area contributed by atoms with Crippen molar-refractivity contribution in [3.8, 4) is 6.07 Å². The van der Waals surface area contributed by atoms with Crippen molar-refractivity contribution in [2.75, 3.05) is 49.1 Å². The van der Waals surface area contributed by atoms with E-state index < -0.39 is 0 Å². The number of nitrogens with zero attached hydrogens (tertiary/aromatic N) is 6. The Morgan fingerprint density at radius 1 is 1.26 bits per heavy atom. The molecule has 1 amide bonds. The molecule has 0 radical (unpaired) electrons. The summed E-state index contributed by atoms with van der Waals surface area (Å²) in [6.07, 6.45) is 5.57. The minimum Gasteiger partial charge on any atom is -0.376 e. The van der Waals surface area contributed by atoms with Gasteiger partial charge in [-0.25, -0.2) is 10.1 Å². The molecule has 1 N–H and O–H groups in total. The van der Waals surface area contributed by atoms with Gasteiger partial charge >= 0.3 is 0 Å². The monoisotopic (exact) mass is 465 g/mol. The lowest BCUT2D eigenvalue weighted by Gasteiger charge is -2.35. The number of nitrogens with one attached hydrogen (secondary N) is 1. The van der Waals surface area contributed by atoms with Crippen molar-refractivity contribution in [2.24, 2.45) is 0 Å². The van der Waals surface area contributed by atoms with Gasteiger partial charge in [0.2, 0.25) is 5.91 Å². The SMILES string of the molecule is Cc1c(N2CCC[C@H]2[C@H](C)OCCC(=O)N2CCN(c3ccc(C#N)cn3)CC2)cn[nH]c1=O. The van der Waals surface area contributed by atoms with Crippen molar-refractivity contribution < 1.29 is 9.53 Å². The highest BCUT2D eigenvalue weighted by Crippen LogP contribution is 2.29. The van der Waals surface area contributed by atoms with Gasteiger partial charge in [0.25, 0.3) is 5.56 Å². The maximum atomic E-state index is 12.7. The van der Waals surface area contributed by atoms with E-state index in [0.29, 0.717) is 50.3 Å². The van der Waals surface area contributed by atoms with Gasteiger partial charge in [0.15, 0.2) is 0 Å². The van der Waals surface area contributed by atoms with E-state index in [4.69, 9.17) is 10.00 Å². The molecule has 0 aromatic carbocycles. The van der Waals surface area contributed by atoms with Crippen molar-refractivity contribution in [3.05, 3.63) is 46.0 Å². The van der Waals surface area contributed by atoms with Crippen molar-refractivity contribution >= 4 is 17.4 Å². The van der Waals surface area contributed by atoms with Crippen LogP contribution >= 0.6 is 0 Å². The highest BCUT2D eigenvalue weighted by atomic mass is 16.5. The van der Waals surface area contributed by atoms with Crippen LogP contribution in [0.5, 0.6) is 0 Å². The minimum atomic E-state index is -0.169. The van der Waals surface area contributed by atoms with Crippen molar-refractivity contribution in [3.63, 3.8) is 0 Å². The van der Waals surface area contributed by atoms with Crippen LogP contribution in [0.15, 0.2) is 29.3 Å². The molecular weight excluding hydrogens is 434 g/mol. The van der Waals surface area contributed by atoms with E-state index in [1.807, 2.05) is 24.8 Å². The number of H-pyrrole nitrogens is 1. The number of amides is 1. The third kappa shape index (κ3) is 5.20. The number of ether oxygens (including phenoxy) is 1. The maximum Gasteiger partial charge on any atom is 0.269 e. The summed E-state index contributed by atoms with van der Waals surface area (Å²) in [6.45, 7) is 7.78. The summed E-state index contributed by atoms with van der Waals surface area (Å²) in [5.74, 6) is 0.924. The summed E-state index contributed by atoms with van der Waals surface area (Å²) in [6, 6.07) is 5.84. The summed E-state index contributed by atoms with van der Waals surface area (Å²) < 4.78 is 6.08. The van der Waals surface area contributed by atoms with Gasteiger partial charge in [-0.15, -0.1) is 0 Å². The van der Waals surface area contributed by atoms with E-state index in [2.05, 4.69) is 31.1 Å². The molecule has 2 aromatic rings. The topological polar surface area (TPSA) is 118 Å². The van der Waals surface area contributed by atoms with Crippen LogP contribution in [0.1, 0.15) is 37.3 Å². The number of rotatable bonds is 7. The molecule has 0 unspecified atom stereocenters. The Kier molecular flexibility index (Phi) is 7.43. The van der Waals surface area contributed by atoms with E-state index >= 15 is 0 Å². The predicted octanol–water partition coefficient (Wildman–Crippen LogP) is 1.46. The molecule has 180 valence electrons. The molecule has 4 rings (SSSR count). The van der Waals surface area contributed by atoms with E-state index in [-0.39, 0.29) is 23.6 Å². The quantitative estimate of drug-likeness (QED) is 0.653. The van der Waals surface area contributed by atoms with Crippen molar-refractivity contribution in [1.82, 2.24) is 20.1 Å². The number of pyridine rings is 1. The largest absolute Gasteiger partial charge is 0.376 e. The Balaban J connectivity index is 1.23. The first-order valence-electron chi connectivity index (χ1n) is 11.8. The third-order valence-electron chi connectivity index (χ3n) is 6.76. The Morgan fingerprint density at radius 2 is 2.06 bits per heavy atom. The number of aromatic nitrogens is 3. The highest BCUT2D eigenvalue weighted by molar-refractivity contribution is 5.76. The van der Waals surface area contributed by atoms with Crippen LogP contribution in [0, 0.1) is 18.3 Å². The van der Waals surface area contributed by atoms with Crippen LogP contribution in [0.3, 0.4) is 0 Å². The lowest BCUT2D eigenvalue weighted by molar-refractivity contribution is -0.133. The number of anilines is 2. The lowest BCUT2D eigenvalue weighted by Crippen LogP contribution is -2.49. The third-order valence-corrected chi connectivity index (χ3v) is 6.76. The molecule has 2 aromatic heterocycles. The molecule has 0 saturated carbocycles. The molecule has 2 aliphatic heterocycles. The number of nitriles is 1. The number of hydrogen-bond donors (Lipinski definition) is 1. The van der Waals surface area contributed by atoms with E-state index in [1.54, 1.807) is 18.5 Å². The lowest BCUT2D eigenvalue weighted by atomic mass is 10.1. The zero-order chi connectivity index (χ0) is 24.1. The van der Waals surface area contributed by atoms with Gasteiger partial charge in [-0.3, -0.25) is 9.59 Å². The van der Waals surface area contributed by atoms with Crippen LogP contribution in [0.2, 0.25) is 0 Å². The second kappa shape index (κ2) is 10.7. The summed E-state index contributed by atoms with van der Waals surface area (Å²) in [5.41, 5.74) is 1.89. The second-order valence-electron chi connectivity index (χ2n) is 8.82. The predicted molar refractivity (Wildman–Crippen MR) is 128 cm³/mol. The molecule has 0 bridgehead atoms. The van der Waals surface area contributed by atoms with Gasteiger partial charge in [0.1, 0.15) is 11.9 Å². The molecule has 34 heavy (non-hydrogen) atoms. The van der Waals surface area contributed by atoms with Gasteiger partial charge in [-0.2, -0.15) is 10.4 Å². The second-order valence-corrected chi connectivity index (χ2v) is 8.82. The zero-order valence-corrected chi connectivity index (χ0v) is 19.7. The first-order valence-corrected chi connectivity index (χ1v) is 11.8. The van der Waals surface area contributed by atoms with E-state index in [1.165, 1.54) is 0 Å². The van der Waals surface area contributed by atoms with Gasteiger partial charge in [-0.1, -0.05) is 0 Å². The Labute approximate surface area is 199 Å².